The minimum absolute atomic E-state index is 0.00942. The van der Waals surface area contributed by atoms with E-state index in [2.05, 4.69) is 15.0 Å². The second-order valence-electron chi connectivity index (χ2n) is 8.68. The van der Waals surface area contributed by atoms with Crippen LogP contribution in [-0.2, 0) is 4.74 Å². The number of hydrogen-bond donors (Lipinski definition) is 0. The van der Waals surface area contributed by atoms with Crippen molar-refractivity contribution in [2.75, 3.05) is 0 Å². The highest BCUT2D eigenvalue weighted by Crippen LogP contribution is 2.38. The number of hydrogen-bond acceptors (Lipinski definition) is 7. The third kappa shape index (κ3) is 4.57. The van der Waals surface area contributed by atoms with Gasteiger partial charge in [0.2, 0.25) is 11.8 Å². The van der Waals surface area contributed by atoms with Crippen LogP contribution < -0.4 is 9.47 Å². The van der Waals surface area contributed by atoms with Gasteiger partial charge in [-0.15, -0.1) is 0 Å². The summed E-state index contributed by atoms with van der Waals surface area (Å²) < 4.78 is 17.7. The molecule has 0 N–H and O–H groups in total. The molecule has 0 aromatic carbocycles. The number of aryl methyl sites for hydroxylation is 2. The van der Waals surface area contributed by atoms with Crippen LogP contribution in [0.1, 0.15) is 56.5 Å². The Balaban J connectivity index is 1.45. The number of rotatable bonds is 5. The molecule has 31 heavy (non-hydrogen) atoms. The molecule has 2 bridgehead atoms. The molecule has 2 aliphatic heterocycles. The smallest absolute Gasteiger partial charge is 0.410 e. The van der Waals surface area contributed by atoms with Crippen LogP contribution in [0, 0.1) is 20.8 Å². The summed E-state index contributed by atoms with van der Waals surface area (Å²) in [7, 11) is 0. The quantitative estimate of drug-likeness (QED) is 0.695. The Bertz CT molecular complexity index is 951. The first-order valence-corrected chi connectivity index (χ1v) is 10.9. The molecule has 2 unspecified atom stereocenters. The number of ether oxygens (including phenoxy) is 3. The van der Waals surface area contributed by atoms with Crippen LogP contribution in [0.3, 0.4) is 0 Å². The normalized spacial score (nSPS) is 22.5. The molecule has 2 aromatic rings. The van der Waals surface area contributed by atoms with Crippen LogP contribution in [0.25, 0.3) is 0 Å². The first-order chi connectivity index (χ1) is 14.8. The Morgan fingerprint density at radius 1 is 1.06 bits per heavy atom. The van der Waals surface area contributed by atoms with Gasteiger partial charge in [-0.2, -0.15) is 0 Å². The SMILES string of the molecule is Cc1ccc(Oc2ncnc(OC3CC4CC[C@@H](C3)N4C(=O)OC(C)C)c2C)c(C)n1. The molecule has 2 saturated heterocycles. The van der Waals surface area contributed by atoms with Gasteiger partial charge in [0.25, 0.3) is 0 Å². The Labute approximate surface area is 183 Å². The maximum Gasteiger partial charge on any atom is 0.410 e. The lowest BCUT2D eigenvalue weighted by Gasteiger charge is -2.38. The first kappa shape index (κ1) is 21.3. The van der Waals surface area contributed by atoms with Crippen molar-refractivity contribution in [3.05, 3.63) is 35.4 Å². The van der Waals surface area contributed by atoms with E-state index in [0.717, 1.165) is 42.6 Å². The number of fused-ring (bicyclic) bond motifs is 2. The van der Waals surface area contributed by atoms with Crippen molar-refractivity contribution < 1.29 is 19.0 Å². The van der Waals surface area contributed by atoms with E-state index in [1.807, 2.05) is 51.7 Å². The van der Waals surface area contributed by atoms with E-state index in [0.29, 0.717) is 17.5 Å². The molecule has 2 aliphatic rings. The van der Waals surface area contributed by atoms with Gasteiger partial charge in [-0.25, -0.2) is 14.8 Å². The average Bonchev–Trinajstić information content (AvgIpc) is 2.97. The monoisotopic (exact) mass is 426 g/mol. The molecule has 0 radical (unpaired) electrons. The number of carbonyl (C=O) groups is 1. The lowest BCUT2D eigenvalue weighted by atomic mass is 10.0. The van der Waals surface area contributed by atoms with Crippen molar-refractivity contribution >= 4 is 6.09 Å². The standard InChI is InChI=1S/C23H30N4O4/c1-13(2)29-23(28)27-17-7-8-18(27)11-19(10-17)30-21-15(4)22(25-12-24-21)31-20-9-6-14(3)26-16(20)5/h6,9,12-13,17-19H,7-8,10-11H2,1-5H3/t17-,18?,19?/m0/s1. The molecule has 0 saturated carbocycles. The van der Waals surface area contributed by atoms with E-state index < -0.39 is 0 Å². The van der Waals surface area contributed by atoms with Crippen molar-refractivity contribution in [3.8, 4) is 17.5 Å². The van der Waals surface area contributed by atoms with E-state index >= 15 is 0 Å². The Morgan fingerprint density at radius 3 is 2.39 bits per heavy atom. The van der Waals surface area contributed by atoms with Crippen LogP contribution in [0.15, 0.2) is 18.5 Å². The third-order valence-electron chi connectivity index (χ3n) is 5.89. The van der Waals surface area contributed by atoms with Crippen molar-refractivity contribution in [2.24, 2.45) is 0 Å². The lowest BCUT2D eigenvalue weighted by molar-refractivity contribution is 0.0206. The number of carbonyl (C=O) groups excluding carboxylic acids is 1. The summed E-state index contributed by atoms with van der Waals surface area (Å²) in [5.41, 5.74) is 2.49. The maximum absolute atomic E-state index is 12.5. The summed E-state index contributed by atoms with van der Waals surface area (Å²) in [6, 6.07) is 4.09. The molecule has 4 rings (SSSR count). The van der Waals surface area contributed by atoms with Gasteiger partial charge >= 0.3 is 6.09 Å². The summed E-state index contributed by atoms with van der Waals surface area (Å²) in [4.78, 5) is 27.4. The van der Waals surface area contributed by atoms with E-state index in [1.54, 1.807) is 0 Å². The molecule has 2 fully saturated rings. The summed E-state index contributed by atoms with van der Waals surface area (Å²) >= 11 is 0. The fraction of sp³-hybridized carbons (Fsp3) is 0.565. The van der Waals surface area contributed by atoms with E-state index in [-0.39, 0.29) is 30.4 Å². The highest BCUT2D eigenvalue weighted by atomic mass is 16.6. The van der Waals surface area contributed by atoms with Crippen molar-refractivity contribution in [2.45, 2.75) is 84.6 Å². The second-order valence-corrected chi connectivity index (χ2v) is 8.68. The van der Waals surface area contributed by atoms with E-state index in [9.17, 15) is 4.79 Å². The topological polar surface area (TPSA) is 86.7 Å². The van der Waals surface area contributed by atoms with Crippen molar-refractivity contribution in [3.63, 3.8) is 0 Å². The van der Waals surface area contributed by atoms with Gasteiger partial charge in [-0.3, -0.25) is 4.98 Å². The summed E-state index contributed by atoms with van der Waals surface area (Å²) in [5, 5.41) is 0. The van der Waals surface area contributed by atoms with Gasteiger partial charge in [-0.1, -0.05) is 0 Å². The van der Waals surface area contributed by atoms with Gasteiger partial charge < -0.3 is 19.1 Å². The van der Waals surface area contributed by atoms with E-state index in [1.165, 1.54) is 6.33 Å². The fourth-order valence-electron chi connectivity index (χ4n) is 4.47. The molecule has 3 atom stereocenters. The first-order valence-electron chi connectivity index (χ1n) is 10.9. The van der Waals surface area contributed by atoms with E-state index in [4.69, 9.17) is 14.2 Å². The van der Waals surface area contributed by atoms with Gasteiger partial charge in [0, 0.05) is 30.6 Å². The molecular formula is C23H30N4O4. The second kappa shape index (κ2) is 8.69. The zero-order valence-electron chi connectivity index (χ0n) is 18.8. The molecule has 0 spiro atoms. The number of pyridine rings is 1. The van der Waals surface area contributed by atoms with Gasteiger partial charge in [0.1, 0.15) is 12.4 Å². The predicted octanol–water partition coefficient (Wildman–Crippen LogP) is 4.51. The molecule has 166 valence electrons. The number of aromatic nitrogens is 3. The average molecular weight is 427 g/mol. The van der Waals surface area contributed by atoms with Crippen LogP contribution in [-0.4, -0.2) is 50.2 Å². The van der Waals surface area contributed by atoms with Gasteiger partial charge in [-0.05, 0) is 59.6 Å². The van der Waals surface area contributed by atoms with Crippen LogP contribution >= 0.6 is 0 Å². The van der Waals surface area contributed by atoms with Gasteiger partial charge in [0.15, 0.2) is 5.75 Å². The van der Waals surface area contributed by atoms with Crippen molar-refractivity contribution in [1.29, 1.82) is 0 Å². The minimum atomic E-state index is -0.211. The van der Waals surface area contributed by atoms with Crippen LogP contribution in [0.4, 0.5) is 4.79 Å². The lowest BCUT2D eigenvalue weighted by Crippen LogP contribution is -2.50. The van der Waals surface area contributed by atoms with Crippen LogP contribution in [0.2, 0.25) is 0 Å². The molecule has 0 aliphatic carbocycles. The molecule has 4 heterocycles. The minimum Gasteiger partial charge on any atom is -0.474 e. The molecule has 1 amide bonds. The largest absolute Gasteiger partial charge is 0.474 e. The molecule has 8 nitrogen and oxygen atoms in total. The molecular weight excluding hydrogens is 396 g/mol. The Hall–Kier alpha value is -2.90. The molecule has 8 heteroatoms. The highest BCUT2D eigenvalue weighted by molar-refractivity contribution is 5.69. The predicted molar refractivity (Wildman–Crippen MR) is 114 cm³/mol. The number of piperidine rings is 1. The summed E-state index contributed by atoms with van der Waals surface area (Å²) in [5.74, 6) is 1.64. The zero-order chi connectivity index (χ0) is 22.1. The Kier molecular flexibility index (Phi) is 5.98. The number of amides is 1. The fourth-order valence-corrected chi connectivity index (χ4v) is 4.47. The number of nitrogens with zero attached hydrogens (tertiary/aromatic N) is 4. The van der Waals surface area contributed by atoms with Crippen molar-refractivity contribution in [1.82, 2.24) is 19.9 Å². The Morgan fingerprint density at radius 2 is 1.74 bits per heavy atom. The van der Waals surface area contributed by atoms with Gasteiger partial charge in [0.05, 0.1) is 17.4 Å². The van der Waals surface area contributed by atoms with Crippen LogP contribution in [0.5, 0.6) is 17.5 Å². The summed E-state index contributed by atoms with van der Waals surface area (Å²) in [6.07, 6.45) is 4.62. The highest BCUT2D eigenvalue weighted by Gasteiger charge is 2.45. The third-order valence-corrected chi connectivity index (χ3v) is 5.89. The summed E-state index contributed by atoms with van der Waals surface area (Å²) in [6.45, 7) is 9.50. The maximum atomic E-state index is 12.5. The zero-order valence-corrected chi connectivity index (χ0v) is 18.8. The molecule has 2 aromatic heterocycles.